The van der Waals surface area contributed by atoms with Gasteiger partial charge >= 0.3 is 18.0 Å². The van der Waals surface area contributed by atoms with Gasteiger partial charge in [0, 0.05) is 12.3 Å². The number of rotatable bonds is 10. The molecule has 3 rings (SSSR count). The molecule has 1 amide bonds. The third-order valence-corrected chi connectivity index (χ3v) is 6.10. The second-order valence-electron chi connectivity index (χ2n) is 8.66. The molecule has 1 aliphatic rings. The van der Waals surface area contributed by atoms with E-state index in [9.17, 15) is 19.5 Å². The molecule has 0 unspecified atom stereocenters. The van der Waals surface area contributed by atoms with Crippen molar-refractivity contribution < 1.29 is 33.7 Å². The van der Waals surface area contributed by atoms with Gasteiger partial charge < -0.3 is 24.6 Å². The third-order valence-electron chi connectivity index (χ3n) is 6.10. The summed E-state index contributed by atoms with van der Waals surface area (Å²) in [6.07, 6.45) is 3.88. The number of aliphatic hydroxyl groups excluding tert-OH is 1. The highest BCUT2D eigenvalue weighted by atomic mass is 16.6. The van der Waals surface area contributed by atoms with E-state index in [1.165, 1.54) is 19.3 Å². The molecular weight excluding hydrogens is 462 g/mol. The summed E-state index contributed by atoms with van der Waals surface area (Å²) >= 11 is 0. The van der Waals surface area contributed by atoms with Crippen LogP contribution in [0.5, 0.6) is 0 Å². The van der Waals surface area contributed by atoms with Crippen molar-refractivity contribution in [3.8, 4) is 0 Å². The van der Waals surface area contributed by atoms with Crippen molar-refractivity contribution in [1.29, 1.82) is 0 Å². The van der Waals surface area contributed by atoms with Crippen LogP contribution in [-0.4, -0.2) is 48.5 Å². The number of benzene rings is 2. The van der Waals surface area contributed by atoms with Crippen LogP contribution in [0.1, 0.15) is 49.1 Å². The van der Waals surface area contributed by atoms with Crippen molar-refractivity contribution in [2.45, 2.75) is 62.9 Å². The minimum atomic E-state index is -1.40. The number of carbonyl (C=O) groups is 3. The van der Waals surface area contributed by atoms with Crippen LogP contribution in [-0.2, 0) is 30.4 Å². The molecule has 192 valence electrons. The first-order valence-electron chi connectivity index (χ1n) is 12.1. The van der Waals surface area contributed by atoms with Crippen LogP contribution in [0.15, 0.2) is 72.8 Å². The van der Waals surface area contributed by atoms with E-state index in [4.69, 9.17) is 14.2 Å². The Labute approximate surface area is 211 Å². The van der Waals surface area contributed by atoms with E-state index in [0.717, 1.165) is 36.8 Å². The zero-order chi connectivity index (χ0) is 25.8. The number of nitrogens with one attached hydrogen (secondary N) is 1. The third kappa shape index (κ3) is 8.23. The molecule has 1 saturated carbocycles. The maximum Gasteiger partial charge on any atom is 0.408 e. The molecule has 2 aromatic carbocycles. The Morgan fingerprint density at radius 2 is 1.67 bits per heavy atom. The number of hydrogen-bond acceptors (Lipinski definition) is 7. The Hall–Kier alpha value is -3.65. The van der Waals surface area contributed by atoms with E-state index in [0.29, 0.717) is 0 Å². The van der Waals surface area contributed by atoms with Gasteiger partial charge in [0.25, 0.3) is 0 Å². The minimum Gasteiger partial charge on any atom is -0.467 e. The molecule has 1 fully saturated rings. The van der Waals surface area contributed by atoms with Gasteiger partial charge in [-0.25, -0.2) is 14.4 Å². The lowest BCUT2D eigenvalue weighted by atomic mass is 9.81. The molecule has 36 heavy (non-hydrogen) atoms. The Morgan fingerprint density at radius 1 is 1.00 bits per heavy atom. The van der Waals surface area contributed by atoms with Gasteiger partial charge in [-0.3, -0.25) is 0 Å². The topological polar surface area (TPSA) is 111 Å². The average Bonchev–Trinajstić information content (AvgIpc) is 2.92. The zero-order valence-corrected chi connectivity index (χ0v) is 20.4. The molecular formula is C28H33NO7. The first-order chi connectivity index (χ1) is 17.5. The standard InChI is InChI=1S/C28H33NO7/c1-34-26(31)23(29-28(33)35-19-20-11-4-2-5-12-20)16-10-17-24(30)27(32)36-25-18-9-8-15-22(25)21-13-6-3-7-14-21/h2-7,10-14,16,22-25,30H,8-9,15,17-19H2,1H3,(H,29,33)/b16-10+/t22-,23+,24-,25+/m1/s1. The van der Waals surface area contributed by atoms with Gasteiger partial charge in [-0.05, 0) is 30.4 Å². The van der Waals surface area contributed by atoms with E-state index in [-0.39, 0.29) is 25.0 Å². The lowest BCUT2D eigenvalue weighted by Gasteiger charge is -2.32. The van der Waals surface area contributed by atoms with E-state index in [1.54, 1.807) is 12.1 Å². The van der Waals surface area contributed by atoms with Crippen molar-refractivity contribution in [3.05, 3.63) is 83.9 Å². The predicted octanol–water partition coefficient (Wildman–Crippen LogP) is 4.03. The summed E-state index contributed by atoms with van der Waals surface area (Å²) in [5, 5.41) is 12.8. The van der Waals surface area contributed by atoms with Gasteiger partial charge in [-0.1, -0.05) is 79.2 Å². The predicted molar refractivity (Wildman–Crippen MR) is 133 cm³/mol. The molecule has 0 heterocycles. The molecule has 0 saturated heterocycles. The Balaban J connectivity index is 1.51. The quantitative estimate of drug-likeness (QED) is 0.291. The molecule has 4 atom stereocenters. The van der Waals surface area contributed by atoms with Crippen LogP contribution in [0.25, 0.3) is 0 Å². The Bertz CT molecular complexity index is 1010. The van der Waals surface area contributed by atoms with Crippen molar-refractivity contribution in [2.24, 2.45) is 0 Å². The molecule has 2 N–H and O–H groups in total. The summed E-state index contributed by atoms with van der Waals surface area (Å²) in [7, 11) is 1.19. The number of methoxy groups -OCH3 is 1. The molecule has 0 spiro atoms. The van der Waals surface area contributed by atoms with Gasteiger partial charge in [0.05, 0.1) is 7.11 Å². The first-order valence-corrected chi connectivity index (χ1v) is 12.1. The second-order valence-corrected chi connectivity index (χ2v) is 8.66. The minimum absolute atomic E-state index is 0.0416. The molecule has 0 aliphatic heterocycles. The van der Waals surface area contributed by atoms with Crippen molar-refractivity contribution in [3.63, 3.8) is 0 Å². The Kier molecular flexibility index (Phi) is 10.5. The summed E-state index contributed by atoms with van der Waals surface area (Å²) in [6.45, 7) is 0.0416. The SMILES string of the molecule is COC(=O)[C@H](/C=C/C[C@@H](O)C(=O)O[C@H]1CCCC[C@@H]1c1ccccc1)NC(=O)OCc1ccccc1. The molecule has 8 heteroatoms. The summed E-state index contributed by atoms with van der Waals surface area (Å²) in [5.74, 6) is -1.33. The van der Waals surface area contributed by atoms with Gasteiger partial charge in [0.2, 0.25) is 0 Å². The highest BCUT2D eigenvalue weighted by Crippen LogP contribution is 2.35. The van der Waals surface area contributed by atoms with Gasteiger partial charge in [0.15, 0.2) is 6.10 Å². The zero-order valence-electron chi connectivity index (χ0n) is 20.4. The largest absolute Gasteiger partial charge is 0.467 e. The summed E-state index contributed by atoms with van der Waals surface area (Å²) in [6, 6.07) is 17.9. The highest BCUT2D eigenvalue weighted by Gasteiger charge is 2.31. The van der Waals surface area contributed by atoms with E-state index >= 15 is 0 Å². The summed E-state index contributed by atoms with van der Waals surface area (Å²) in [4.78, 5) is 36.8. The maximum atomic E-state index is 12.6. The fourth-order valence-electron chi connectivity index (χ4n) is 4.19. The van der Waals surface area contributed by atoms with Crippen LogP contribution >= 0.6 is 0 Å². The number of carbonyl (C=O) groups excluding carboxylic acids is 3. The normalized spacial score (nSPS) is 19.2. The second kappa shape index (κ2) is 14.0. The molecule has 0 radical (unpaired) electrons. The molecule has 2 aromatic rings. The van der Waals surface area contributed by atoms with Crippen molar-refractivity contribution in [2.75, 3.05) is 7.11 Å². The van der Waals surface area contributed by atoms with Gasteiger partial charge in [-0.2, -0.15) is 0 Å². The summed E-state index contributed by atoms with van der Waals surface area (Å²) < 4.78 is 15.5. The molecule has 0 aromatic heterocycles. The van der Waals surface area contributed by atoms with Crippen LogP contribution in [0.3, 0.4) is 0 Å². The van der Waals surface area contributed by atoms with Crippen molar-refractivity contribution >= 4 is 18.0 Å². The fraction of sp³-hybridized carbons (Fsp3) is 0.393. The van der Waals surface area contributed by atoms with Crippen molar-refractivity contribution in [1.82, 2.24) is 5.32 Å². The summed E-state index contributed by atoms with van der Waals surface area (Å²) in [5.41, 5.74) is 1.92. The number of esters is 2. The maximum absolute atomic E-state index is 12.6. The van der Waals surface area contributed by atoms with Gasteiger partial charge in [0.1, 0.15) is 18.8 Å². The number of amides is 1. The average molecular weight is 496 g/mol. The van der Waals surface area contributed by atoms with E-state index in [1.807, 2.05) is 48.5 Å². The highest BCUT2D eigenvalue weighted by molar-refractivity contribution is 5.83. The monoisotopic (exact) mass is 495 g/mol. The van der Waals surface area contributed by atoms with E-state index in [2.05, 4.69) is 5.32 Å². The number of aliphatic hydroxyl groups is 1. The molecule has 1 aliphatic carbocycles. The molecule has 0 bridgehead atoms. The number of alkyl carbamates (subject to hydrolysis) is 1. The number of ether oxygens (including phenoxy) is 3. The first kappa shape index (κ1) is 26.9. The smallest absolute Gasteiger partial charge is 0.408 e. The van der Waals surface area contributed by atoms with Crippen LogP contribution in [0.4, 0.5) is 4.79 Å². The van der Waals surface area contributed by atoms with E-state index < -0.39 is 30.2 Å². The van der Waals surface area contributed by atoms with Gasteiger partial charge in [-0.15, -0.1) is 0 Å². The lowest BCUT2D eigenvalue weighted by molar-refractivity contribution is -0.161. The van der Waals surface area contributed by atoms with Crippen LogP contribution in [0, 0.1) is 0 Å². The Morgan fingerprint density at radius 3 is 2.36 bits per heavy atom. The van der Waals surface area contributed by atoms with Crippen LogP contribution < -0.4 is 5.32 Å². The van der Waals surface area contributed by atoms with Crippen LogP contribution in [0.2, 0.25) is 0 Å². The number of hydrogen-bond donors (Lipinski definition) is 2. The fourth-order valence-corrected chi connectivity index (χ4v) is 4.19. The lowest BCUT2D eigenvalue weighted by Crippen LogP contribution is -2.40. The molecule has 8 nitrogen and oxygen atoms in total.